The summed E-state index contributed by atoms with van der Waals surface area (Å²) in [5.74, 6) is -2.61. The number of hydrogen-bond donors (Lipinski definition) is 17. The van der Waals surface area contributed by atoms with E-state index >= 15 is 0 Å². The maximum atomic E-state index is 14.0. The van der Waals surface area contributed by atoms with Crippen molar-refractivity contribution < 1.29 is 151 Å². The average molecular weight is 1550 g/mol. The van der Waals surface area contributed by atoms with Crippen LogP contribution in [0.1, 0.15) is 118 Å². The first kappa shape index (κ1) is 94.2. The lowest BCUT2D eigenvalue weighted by Crippen LogP contribution is -2.64. The molecule has 4 aliphatic rings. The van der Waals surface area contributed by atoms with Gasteiger partial charge in [0.25, 0.3) is 0 Å². The van der Waals surface area contributed by atoms with Crippen LogP contribution in [0.25, 0.3) is 0 Å². The van der Waals surface area contributed by atoms with Crippen LogP contribution in [0, 0.1) is 11.8 Å². The third-order valence-electron chi connectivity index (χ3n) is 18.2. The Morgan fingerprint density at radius 1 is 0.411 bits per heavy atom. The second kappa shape index (κ2) is 53.7. The first-order valence-corrected chi connectivity index (χ1v) is 36.9. The van der Waals surface area contributed by atoms with Gasteiger partial charge >= 0.3 is 0 Å². The zero-order chi connectivity index (χ0) is 78.5. The third-order valence-corrected chi connectivity index (χ3v) is 18.2. The number of hydrogen-bond acceptors (Lipinski definition) is 31. The monoisotopic (exact) mass is 1550 g/mol. The van der Waals surface area contributed by atoms with E-state index < -0.39 is 159 Å². The number of aliphatic hydroxyl groups is 9. The van der Waals surface area contributed by atoms with Crippen molar-refractivity contribution in [2.24, 2.45) is 11.8 Å². The minimum atomic E-state index is -1.48. The minimum absolute atomic E-state index is 0.00991. The molecule has 39 nitrogen and oxygen atoms in total. The Balaban J connectivity index is 1.32. The van der Waals surface area contributed by atoms with E-state index in [1.165, 1.54) is 20.8 Å². The quantitative estimate of drug-likeness (QED) is 0.0199. The normalized spacial score (nSPS) is 27.2. The number of rotatable bonds is 56. The van der Waals surface area contributed by atoms with Crippen molar-refractivity contribution in [3.8, 4) is 0 Å². The van der Waals surface area contributed by atoms with E-state index in [2.05, 4.69) is 56.4 Å². The second-order valence-corrected chi connectivity index (χ2v) is 26.8. The number of carbonyl (C=O) groups is 8. The van der Waals surface area contributed by atoms with Crippen molar-refractivity contribution in [2.75, 3.05) is 152 Å². The zero-order valence-corrected chi connectivity index (χ0v) is 62.4. The van der Waals surface area contributed by atoms with Gasteiger partial charge in [0.1, 0.15) is 86.6 Å². The highest BCUT2D eigenvalue weighted by atomic mass is 16.7. The lowest BCUT2D eigenvalue weighted by Gasteiger charge is -2.42. The van der Waals surface area contributed by atoms with Crippen molar-refractivity contribution in [1.82, 2.24) is 42.5 Å². The number of carbonyl (C=O) groups excluding carboxylic acids is 8. The van der Waals surface area contributed by atoms with Crippen LogP contribution in [0.15, 0.2) is 0 Å². The van der Waals surface area contributed by atoms with E-state index in [0.29, 0.717) is 11.8 Å². The molecule has 17 atom stereocenters. The highest BCUT2D eigenvalue weighted by Gasteiger charge is 2.48. The van der Waals surface area contributed by atoms with E-state index in [1.54, 1.807) is 0 Å². The van der Waals surface area contributed by atoms with Gasteiger partial charge in [0.2, 0.25) is 47.3 Å². The topological polar surface area (TPSA) is 544 Å². The third kappa shape index (κ3) is 37.2. The molecule has 39 heteroatoms. The van der Waals surface area contributed by atoms with Crippen molar-refractivity contribution in [2.45, 2.75) is 222 Å². The Kier molecular flexibility index (Phi) is 47.3. The molecule has 1 aliphatic carbocycles. The number of ether oxygens (including phenoxy) is 14. The van der Waals surface area contributed by atoms with E-state index in [0.717, 1.165) is 25.7 Å². The largest absolute Gasteiger partial charge is 0.394 e. The summed E-state index contributed by atoms with van der Waals surface area (Å²) < 4.78 is 78.7. The molecule has 3 heterocycles. The van der Waals surface area contributed by atoms with Gasteiger partial charge in [-0.3, -0.25) is 38.4 Å². The van der Waals surface area contributed by atoms with Crippen LogP contribution in [-0.2, 0) is 105 Å². The minimum Gasteiger partial charge on any atom is -0.394 e. The molecule has 0 radical (unpaired) electrons. The van der Waals surface area contributed by atoms with E-state index in [4.69, 9.17) is 66.3 Å². The number of aliphatic hydroxyl groups excluding tert-OH is 9. The van der Waals surface area contributed by atoms with Crippen LogP contribution >= 0.6 is 0 Å². The van der Waals surface area contributed by atoms with Crippen LogP contribution in [-0.4, -0.2) is 349 Å². The van der Waals surface area contributed by atoms with Gasteiger partial charge < -0.3 is 155 Å². The van der Waals surface area contributed by atoms with E-state index in [9.17, 15) is 84.3 Å². The smallest absolute Gasteiger partial charge is 0.221 e. The van der Waals surface area contributed by atoms with Crippen LogP contribution in [0.5, 0.6) is 0 Å². The second-order valence-electron chi connectivity index (χ2n) is 26.8. The molecule has 0 spiro atoms. The summed E-state index contributed by atoms with van der Waals surface area (Å²) in [4.78, 5) is 103. The first-order valence-electron chi connectivity index (χ1n) is 36.9. The summed E-state index contributed by atoms with van der Waals surface area (Å²) >= 11 is 0. The first-order chi connectivity index (χ1) is 51.3. The molecule has 3 aliphatic heterocycles. The Labute approximate surface area is 624 Å². The fraction of sp³-hybridized carbons (Fsp3) is 0.882. The molecule has 107 heavy (non-hydrogen) atoms. The Hall–Kier alpha value is -5.16. The molecular formula is C68H122N8O31. The van der Waals surface area contributed by atoms with Crippen LogP contribution in [0.3, 0.4) is 0 Å². The maximum Gasteiger partial charge on any atom is 0.221 e. The molecule has 4 rings (SSSR count). The Morgan fingerprint density at radius 3 is 1.09 bits per heavy atom. The lowest BCUT2D eigenvalue weighted by molar-refractivity contribution is -0.272. The summed E-state index contributed by atoms with van der Waals surface area (Å²) in [6, 6.07) is -3.37. The number of amides is 8. The SMILES string of the molecule is CC(=O)NC1C(OCCOCCOCCNC(=O)CCC(CCC(=O)NCCOCCOCCOC2OC(CO)C(O)C(O)C2NC(C)=O)(CCC(=O)NCCOCCOCCOC2OC(CO)C(O)C(O)C2NC(C)=O)NC(=O)CCCC(=O)NCOCOC2CCCC(C(C)C)C2)OC(CO)C(O)C1O. The molecule has 1 saturated carbocycles. The van der Waals surface area contributed by atoms with E-state index in [-0.39, 0.29) is 202 Å². The predicted octanol–water partition coefficient (Wildman–Crippen LogP) is -6.04. The van der Waals surface area contributed by atoms with Crippen molar-refractivity contribution in [1.29, 1.82) is 0 Å². The van der Waals surface area contributed by atoms with Crippen LogP contribution < -0.4 is 42.5 Å². The predicted molar refractivity (Wildman–Crippen MR) is 371 cm³/mol. The average Bonchev–Trinajstić information content (AvgIpc) is 0.802. The molecule has 620 valence electrons. The molecule has 3 saturated heterocycles. The van der Waals surface area contributed by atoms with Gasteiger partial charge in [0.05, 0.1) is 125 Å². The highest BCUT2D eigenvalue weighted by Crippen LogP contribution is 2.32. The fourth-order valence-electron chi connectivity index (χ4n) is 12.3. The van der Waals surface area contributed by atoms with Crippen LogP contribution in [0.4, 0.5) is 0 Å². The van der Waals surface area contributed by atoms with Gasteiger partial charge in [-0.1, -0.05) is 26.7 Å². The molecular weight excluding hydrogens is 1420 g/mol. The van der Waals surface area contributed by atoms with Gasteiger partial charge in [-0.25, -0.2) is 0 Å². The molecule has 8 amide bonds. The zero-order valence-electron chi connectivity index (χ0n) is 62.4. The Morgan fingerprint density at radius 2 is 0.748 bits per heavy atom. The summed E-state index contributed by atoms with van der Waals surface area (Å²) in [5, 5.41) is 113. The van der Waals surface area contributed by atoms with Crippen molar-refractivity contribution >= 4 is 47.3 Å². The van der Waals surface area contributed by atoms with Gasteiger partial charge in [-0.05, 0) is 50.4 Å². The van der Waals surface area contributed by atoms with Gasteiger partial charge in [0.15, 0.2) is 18.9 Å². The highest BCUT2D eigenvalue weighted by molar-refractivity contribution is 5.81. The summed E-state index contributed by atoms with van der Waals surface area (Å²) in [6.45, 7) is 7.03. The molecule has 4 fully saturated rings. The molecule has 0 aromatic rings. The molecule has 17 N–H and O–H groups in total. The standard InChI is InChI=1S/C68H122N8O31/c1-42(2)46-8-6-9-47(36-46)104-41-100-40-72-51(83)10-7-11-55(87)76-68(15-12-52(84)69-18-21-94-24-27-97-30-33-101-65-56(73-43(3)80)62(91)59(88)48(37-77)105-65,16-13-53(85)70-19-22-95-25-28-98-31-34-102-66-57(74-44(4)81)63(92)60(89)49(38-78)106-66)17-14-54(86)71-20-23-96-26-29-99-32-35-103-67-58(75-45(5)82)64(93)61(90)50(39-79)107-67/h42,46-50,56-67,77-79,88-93H,6-41H2,1-5H3,(H,69,84)(H,70,85)(H,71,86)(H,72,83)(H,73,80)(H,74,81)(H,75,82)(H,76,87). The van der Waals surface area contributed by atoms with E-state index in [1.807, 2.05) is 0 Å². The number of nitrogens with one attached hydrogen (secondary N) is 8. The molecule has 17 unspecified atom stereocenters. The maximum absolute atomic E-state index is 14.0. The fourth-order valence-corrected chi connectivity index (χ4v) is 12.3. The molecule has 0 bridgehead atoms. The summed E-state index contributed by atoms with van der Waals surface area (Å²) in [5.41, 5.74) is -1.35. The molecule has 0 aromatic heterocycles. The summed E-state index contributed by atoms with van der Waals surface area (Å²) in [7, 11) is 0. The van der Waals surface area contributed by atoms with Gasteiger partial charge in [-0.2, -0.15) is 0 Å². The Bertz CT molecular complexity index is 2340. The van der Waals surface area contributed by atoms with Crippen LogP contribution in [0.2, 0.25) is 0 Å². The summed E-state index contributed by atoms with van der Waals surface area (Å²) in [6.07, 6.45) is -12.5. The molecule has 0 aromatic carbocycles. The van der Waals surface area contributed by atoms with Gasteiger partial charge in [0, 0.05) is 78.0 Å². The van der Waals surface area contributed by atoms with Crippen molar-refractivity contribution in [3.63, 3.8) is 0 Å². The van der Waals surface area contributed by atoms with Crippen molar-refractivity contribution in [3.05, 3.63) is 0 Å². The van der Waals surface area contributed by atoms with Gasteiger partial charge in [-0.15, -0.1) is 0 Å². The lowest BCUT2D eigenvalue weighted by atomic mass is 9.80.